The molecule has 1 aliphatic rings. The van der Waals surface area contributed by atoms with Crippen LogP contribution in [0, 0.1) is 13.8 Å². The van der Waals surface area contributed by atoms with E-state index >= 15 is 0 Å². The average Bonchev–Trinajstić information content (AvgIpc) is 3.43. The summed E-state index contributed by atoms with van der Waals surface area (Å²) in [6, 6.07) is 16.1. The molecule has 1 fully saturated rings. The Morgan fingerprint density at radius 1 is 1.07 bits per heavy atom. The van der Waals surface area contributed by atoms with Crippen LogP contribution >= 0.6 is 11.3 Å². The number of piperidine rings is 1. The van der Waals surface area contributed by atoms with Crippen LogP contribution in [0.5, 0.6) is 0 Å². The lowest BCUT2D eigenvalue weighted by atomic mass is 9.97. The van der Waals surface area contributed by atoms with E-state index in [2.05, 4.69) is 49.3 Å². The van der Waals surface area contributed by atoms with E-state index in [0.717, 1.165) is 23.9 Å². The van der Waals surface area contributed by atoms with Crippen LogP contribution in [0.25, 0.3) is 21.5 Å². The Kier molecular flexibility index (Phi) is 4.87. The van der Waals surface area contributed by atoms with E-state index in [9.17, 15) is 4.79 Å². The Bertz CT molecular complexity index is 1190. The minimum absolute atomic E-state index is 0.0587. The minimum atomic E-state index is -0.0587. The van der Waals surface area contributed by atoms with Crippen molar-refractivity contribution in [2.24, 2.45) is 0 Å². The molecule has 0 saturated carbocycles. The number of aromatic nitrogens is 2. The predicted octanol–water partition coefficient (Wildman–Crippen LogP) is 5.59. The minimum Gasteiger partial charge on any atom is -0.355 e. The molecule has 1 aliphatic heterocycles. The zero-order valence-electron chi connectivity index (χ0n) is 17.1. The first-order valence-electron chi connectivity index (χ1n) is 10.3. The lowest BCUT2D eigenvalue weighted by molar-refractivity contribution is 0.0702. The van der Waals surface area contributed by atoms with Gasteiger partial charge in [-0.3, -0.25) is 4.79 Å². The van der Waals surface area contributed by atoms with Crippen LogP contribution < -0.4 is 0 Å². The second-order valence-corrected chi connectivity index (χ2v) is 9.02. The number of likely N-dealkylation sites (tertiary alicyclic amines) is 1. The smallest absolute Gasteiger partial charge is 0.276 e. The third kappa shape index (κ3) is 3.52. The van der Waals surface area contributed by atoms with Crippen LogP contribution in [0.3, 0.4) is 0 Å². The third-order valence-electron chi connectivity index (χ3n) is 5.96. The van der Waals surface area contributed by atoms with Gasteiger partial charge in [-0.15, -0.1) is 11.3 Å². The molecule has 6 heteroatoms. The fourth-order valence-electron chi connectivity index (χ4n) is 3.96. The van der Waals surface area contributed by atoms with E-state index in [1.54, 1.807) is 17.4 Å². The second-order valence-electron chi connectivity index (χ2n) is 7.96. The van der Waals surface area contributed by atoms with Crippen molar-refractivity contribution in [1.29, 1.82) is 0 Å². The zero-order valence-corrected chi connectivity index (χ0v) is 17.9. The number of amides is 1. The summed E-state index contributed by atoms with van der Waals surface area (Å²) in [6.45, 7) is 5.57. The normalized spacial score (nSPS) is 15.1. The summed E-state index contributed by atoms with van der Waals surface area (Å²) in [7, 11) is 0. The molecule has 0 atom stereocenters. The first-order valence-corrected chi connectivity index (χ1v) is 11.1. The number of carbonyl (C=O) groups is 1. The Labute approximate surface area is 179 Å². The SMILES string of the molecule is Cc1ccc(-c2cc(C(=O)N3CCC(c4nc5ccccc5s4)CC3)no2)cc1C. The van der Waals surface area contributed by atoms with Crippen LogP contribution in [0.15, 0.2) is 53.1 Å². The van der Waals surface area contributed by atoms with Crippen LogP contribution in [-0.4, -0.2) is 34.0 Å². The molecule has 5 rings (SSSR count). The average molecular weight is 418 g/mol. The molecule has 1 saturated heterocycles. The number of fused-ring (bicyclic) bond motifs is 1. The number of carbonyl (C=O) groups excluding carboxylic acids is 1. The van der Waals surface area contributed by atoms with Crippen LogP contribution in [0.2, 0.25) is 0 Å². The van der Waals surface area contributed by atoms with Crippen LogP contribution in [-0.2, 0) is 0 Å². The van der Waals surface area contributed by atoms with Gasteiger partial charge in [0.05, 0.1) is 15.2 Å². The molecule has 5 nitrogen and oxygen atoms in total. The Balaban J connectivity index is 1.26. The highest BCUT2D eigenvalue weighted by Crippen LogP contribution is 2.34. The van der Waals surface area contributed by atoms with Gasteiger partial charge in [0.2, 0.25) is 0 Å². The molecule has 1 amide bonds. The van der Waals surface area contributed by atoms with Crippen molar-refractivity contribution in [3.8, 4) is 11.3 Å². The fraction of sp³-hybridized carbons (Fsp3) is 0.292. The molecule has 0 bridgehead atoms. The molecular weight excluding hydrogens is 394 g/mol. The maximum absolute atomic E-state index is 12.9. The van der Waals surface area contributed by atoms with Gasteiger partial charge in [-0.1, -0.05) is 29.4 Å². The number of thiazole rings is 1. The van der Waals surface area contributed by atoms with E-state index in [1.807, 2.05) is 17.0 Å². The predicted molar refractivity (Wildman–Crippen MR) is 119 cm³/mol. The Morgan fingerprint density at radius 3 is 2.63 bits per heavy atom. The van der Waals surface area contributed by atoms with E-state index < -0.39 is 0 Å². The van der Waals surface area contributed by atoms with Gasteiger partial charge >= 0.3 is 0 Å². The number of aryl methyl sites for hydroxylation is 2. The van der Waals surface area contributed by atoms with Crippen LogP contribution in [0.4, 0.5) is 0 Å². The summed E-state index contributed by atoms with van der Waals surface area (Å²) in [5.74, 6) is 0.984. The van der Waals surface area contributed by atoms with Crippen molar-refractivity contribution >= 4 is 27.5 Å². The molecule has 3 heterocycles. The van der Waals surface area contributed by atoms with Crippen molar-refractivity contribution in [3.05, 3.63) is 70.4 Å². The zero-order chi connectivity index (χ0) is 20.7. The molecule has 0 radical (unpaired) electrons. The molecule has 4 aromatic rings. The highest BCUT2D eigenvalue weighted by molar-refractivity contribution is 7.18. The monoisotopic (exact) mass is 417 g/mol. The van der Waals surface area contributed by atoms with E-state index in [4.69, 9.17) is 9.51 Å². The van der Waals surface area contributed by atoms with Crippen LogP contribution in [0.1, 0.15) is 45.4 Å². The Hall–Kier alpha value is -2.99. The summed E-state index contributed by atoms with van der Waals surface area (Å²) in [5, 5.41) is 5.23. The summed E-state index contributed by atoms with van der Waals surface area (Å²) in [5.41, 5.74) is 4.80. The first-order chi connectivity index (χ1) is 14.6. The van der Waals surface area contributed by atoms with Gasteiger partial charge < -0.3 is 9.42 Å². The number of nitrogens with zero attached hydrogens (tertiary/aromatic N) is 3. The quantitative estimate of drug-likeness (QED) is 0.436. The summed E-state index contributed by atoms with van der Waals surface area (Å²) in [6.07, 6.45) is 1.85. The molecule has 0 N–H and O–H groups in total. The van der Waals surface area contributed by atoms with E-state index in [0.29, 0.717) is 30.5 Å². The van der Waals surface area contributed by atoms with Crippen molar-refractivity contribution < 1.29 is 9.32 Å². The molecule has 30 heavy (non-hydrogen) atoms. The lowest BCUT2D eigenvalue weighted by Crippen LogP contribution is -2.38. The summed E-state index contributed by atoms with van der Waals surface area (Å²) in [4.78, 5) is 19.6. The van der Waals surface area contributed by atoms with Gasteiger partial charge in [-0.2, -0.15) is 0 Å². The summed E-state index contributed by atoms with van der Waals surface area (Å²) >= 11 is 1.77. The van der Waals surface area contributed by atoms with Gasteiger partial charge in [0.15, 0.2) is 11.5 Å². The molecule has 2 aromatic carbocycles. The molecule has 0 unspecified atom stereocenters. The van der Waals surface area contributed by atoms with Crippen molar-refractivity contribution in [1.82, 2.24) is 15.0 Å². The number of benzene rings is 2. The van der Waals surface area contributed by atoms with Gasteiger partial charge in [-0.25, -0.2) is 4.98 Å². The largest absolute Gasteiger partial charge is 0.355 e. The van der Waals surface area contributed by atoms with Gasteiger partial charge in [0.25, 0.3) is 5.91 Å². The maximum Gasteiger partial charge on any atom is 0.276 e. The molecule has 0 aliphatic carbocycles. The third-order valence-corrected chi connectivity index (χ3v) is 7.16. The van der Waals surface area contributed by atoms with Crippen molar-refractivity contribution in [3.63, 3.8) is 0 Å². The molecule has 2 aromatic heterocycles. The standard InChI is InChI=1S/C24H23N3O2S/c1-15-7-8-18(13-16(15)2)21-14-20(26-29-21)24(28)27-11-9-17(10-12-27)23-25-19-5-3-4-6-22(19)30-23/h3-8,13-14,17H,9-12H2,1-2H3. The molecule has 152 valence electrons. The fourth-order valence-corrected chi connectivity index (χ4v) is 5.10. The number of rotatable bonds is 3. The Morgan fingerprint density at radius 2 is 1.87 bits per heavy atom. The first kappa shape index (κ1) is 19.0. The highest BCUT2D eigenvalue weighted by atomic mass is 32.1. The van der Waals surface area contributed by atoms with E-state index in [-0.39, 0.29) is 5.91 Å². The van der Waals surface area contributed by atoms with E-state index in [1.165, 1.54) is 20.8 Å². The molecule has 0 spiro atoms. The molecular formula is C24H23N3O2S. The van der Waals surface area contributed by atoms with Gasteiger partial charge in [-0.05, 0) is 56.0 Å². The maximum atomic E-state index is 12.9. The second kappa shape index (κ2) is 7.69. The number of hydrogen-bond donors (Lipinski definition) is 0. The number of hydrogen-bond acceptors (Lipinski definition) is 5. The highest BCUT2D eigenvalue weighted by Gasteiger charge is 2.28. The number of para-hydroxylation sites is 1. The lowest BCUT2D eigenvalue weighted by Gasteiger charge is -2.30. The van der Waals surface area contributed by atoms with Crippen molar-refractivity contribution in [2.75, 3.05) is 13.1 Å². The summed E-state index contributed by atoms with van der Waals surface area (Å²) < 4.78 is 6.70. The van der Waals surface area contributed by atoms with Gasteiger partial charge in [0, 0.05) is 30.6 Å². The van der Waals surface area contributed by atoms with Crippen molar-refractivity contribution in [2.45, 2.75) is 32.6 Å². The van der Waals surface area contributed by atoms with Gasteiger partial charge in [0.1, 0.15) is 0 Å². The topological polar surface area (TPSA) is 59.2 Å².